The molecule has 3 nitrogen and oxygen atoms in total. The molecule has 0 radical (unpaired) electrons. The second-order valence-corrected chi connectivity index (χ2v) is 4.46. The lowest BCUT2D eigenvalue weighted by molar-refractivity contribution is 0.618. The minimum Gasteiger partial charge on any atom is -0.217 e. The van der Waals surface area contributed by atoms with Gasteiger partial charge in [0.05, 0.1) is 0 Å². The molecule has 98 valence electrons. The minimum atomic E-state index is -0.230. The number of halogens is 1. The van der Waals surface area contributed by atoms with Gasteiger partial charge < -0.3 is 0 Å². The van der Waals surface area contributed by atoms with Crippen LogP contribution in [0.3, 0.4) is 0 Å². The summed E-state index contributed by atoms with van der Waals surface area (Å²) in [6.07, 6.45) is 1.48. The third-order valence-electron chi connectivity index (χ3n) is 3.02. The Balaban J connectivity index is 2.05. The zero-order chi connectivity index (χ0) is 13.9. The topological polar surface area (TPSA) is 38.7 Å². The first-order chi connectivity index (χ1) is 9.74. The molecule has 0 aliphatic rings. The van der Waals surface area contributed by atoms with Crippen LogP contribution in [0.4, 0.5) is 4.39 Å². The summed E-state index contributed by atoms with van der Waals surface area (Å²) in [6, 6.07) is 14.5. The molecule has 0 aliphatic heterocycles. The first-order valence-electron chi connectivity index (χ1n) is 6.25. The van der Waals surface area contributed by atoms with Gasteiger partial charge in [0.2, 0.25) is 0 Å². The van der Waals surface area contributed by atoms with Crippen LogP contribution in [0.5, 0.6) is 0 Å². The van der Waals surface area contributed by atoms with Gasteiger partial charge >= 0.3 is 0 Å². The normalized spacial score (nSPS) is 10.5. The van der Waals surface area contributed by atoms with Crippen LogP contribution in [0.2, 0.25) is 0 Å². The smallest absolute Gasteiger partial charge is 0.163 e. The highest BCUT2D eigenvalue weighted by molar-refractivity contribution is 5.60. The third-order valence-corrected chi connectivity index (χ3v) is 3.02. The van der Waals surface area contributed by atoms with Crippen molar-refractivity contribution in [1.29, 1.82) is 0 Å². The van der Waals surface area contributed by atoms with E-state index in [0.717, 1.165) is 11.1 Å². The molecular weight excluding hydrogens is 253 g/mol. The van der Waals surface area contributed by atoms with Crippen molar-refractivity contribution in [2.45, 2.75) is 6.92 Å². The number of rotatable bonds is 2. The Morgan fingerprint density at radius 3 is 2.25 bits per heavy atom. The summed E-state index contributed by atoms with van der Waals surface area (Å²) in [7, 11) is 0. The summed E-state index contributed by atoms with van der Waals surface area (Å²) in [5, 5.41) is 0. The molecule has 4 heteroatoms. The van der Waals surface area contributed by atoms with E-state index in [4.69, 9.17) is 0 Å². The van der Waals surface area contributed by atoms with Crippen LogP contribution in [0.1, 0.15) is 5.56 Å². The highest BCUT2D eigenvalue weighted by atomic mass is 19.1. The van der Waals surface area contributed by atoms with Crippen LogP contribution in [0.15, 0.2) is 54.9 Å². The summed E-state index contributed by atoms with van der Waals surface area (Å²) < 4.78 is 13.3. The van der Waals surface area contributed by atoms with E-state index in [9.17, 15) is 4.39 Å². The van der Waals surface area contributed by atoms with E-state index in [1.165, 1.54) is 12.4 Å². The molecule has 3 rings (SSSR count). The zero-order valence-corrected chi connectivity index (χ0v) is 10.9. The maximum absolute atomic E-state index is 13.3. The predicted octanol–water partition coefficient (Wildman–Crippen LogP) is 3.65. The Labute approximate surface area is 116 Å². The largest absolute Gasteiger partial charge is 0.217 e. The third kappa shape index (κ3) is 2.40. The van der Waals surface area contributed by atoms with Gasteiger partial charge in [0.1, 0.15) is 12.1 Å². The summed E-state index contributed by atoms with van der Waals surface area (Å²) in [4.78, 5) is 12.8. The van der Waals surface area contributed by atoms with E-state index in [0.29, 0.717) is 17.2 Å². The predicted molar refractivity (Wildman–Crippen MR) is 75.4 cm³/mol. The van der Waals surface area contributed by atoms with E-state index >= 15 is 0 Å². The summed E-state index contributed by atoms with van der Waals surface area (Å²) in [5.74, 6) is 0.922. The van der Waals surface area contributed by atoms with Gasteiger partial charge in [-0.15, -0.1) is 0 Å². The molecule has 0 saturated heterocycles. The fourth-order valence-corrected chi connectivity index (χ4v) is 1.95. The number of hydrogen-bond acceptors (Lipinski definition) is 3. The summed E-state index contributed by atoms with van der Waals surface area (Å²) in [5.41, 5.74) is 2.28. The van der Waals surface area contributed by atoms with E-state index in [1.807, 2.05) is 30.3 Å². The number of benzene rings is 2. The molecule has 0 aliphatic carbocycles. The van der Waals surface area contributed by atoms with Crippen LogP contribution in [-0.4, -0.2) is 15.0 Å². The highest BCUT2D eigenvalue weighted by Crippen LogP contribution is 2.20. The molecule has 0 N–H and O–H groups in total. The molecule has 2 aromatic carbocycles. The van der Waals surface area contributed by atoms with E-state index in [1.54, 1.807) is 19.1 Å². The molecule has 1 heterocycles. The van der Waals surface area contributed by atoms with Gasteiger partial charge in [-0.05, 0) is 30.7 Å². The van der Waals surface area contributed by atoms with Crippen LogP contribution in [-0.2, 0) is 0 Å². The van der Waals surface area contributed by atoms with E-state index < -0.39 is 0 Å². The van der Waals surface area contributed by atoms with Crippen molar-refractivity contribution in [3.05, 3.63) is 66.2 Å². The van der Waals surface area contributed by atoms with E-state index in [2.05, 4.69) is 15.0 Å². The van der Waals surface area contributed by atoms with Crippen molar-refractivity contribution < 1.29 is 4.39 Å². The van der Waals surface area contributed by atoms with Crippen molar-refractivity contribution in [3.63, 3.8) is 0 Å². The van der Waals surface area contributed by atoms with Crippen LogP contribution in [0, 0.1) is 12.7 Å². The summed E-state index contributed by atoms with van der Waals surface area (Å²) >= 11 is 0. The van der Waals surface area contributed by atoms with Crippen LogP contribution in [0.25, 0.3) is 22.8 Å². The Kier molecular flexibility index (Phi) is 3.21. The minimum absolute atomic E-state index is 0.230. The van der Waals surface area contributed by atoms with Crippen molar-refractivity contribution in [2.24, 2.45) is 0 Å². The lowest BCUT2D eigenvalue weighted by Crippen LogP contribution is -1.95. The monoisotopic (exact) mass is 265 g/mol. The molecule has 0 spiro atoms. The molecule has 3 aromatic rings. The SMILES string of the molecule is Cc1cc(-c2ncnc(-c3ccccc3)n2)ccc1F. The molecule has 0 unspecified atom stereocenters. The maximum Gasteiger partial charge on any atom is 0.163 e. The first-order valence-corrected chi connectivity index (χ1v) is 6.25. The average molecular weight is 265 g/mol. The van der Waals surface area contributed by atoms with Gasteiger partial charge in [-0.3, -0.25) is 0 Å². The van der Waals surface area contributed by atoms with Gasteiger partial charge in [-0.1, -0.05) is 30.3 Å². The molecule has 0 saturated carbocycles. The Morgan fingerprint density at radius 1 is 0.850 bits per heavy atom. The average Bonchev–Trinajstić information content (AvgIpc) is 2.51. The standard InChI is InChI=1S/C16H12FN3/c1-11-9-13(7-8-14(11)17)16-19-10-18-15(20-16)12-5-3-2-4-6-12/h2-10H,1H3. The summed E-state index contributed by atoms with van der Waals surface area (Å²) in [6.45, 7) is 1.72. The second-order valence-electron chi connectivity index (χ2n) is 4.46. The molecular formula is C16H12FN3. The van der Waals surface area contributed by atoms with Gasteiger partial charge in [0.15, 0.2) is 11.6 Å². The van der Waals surface area contributed by atoms with Crippen LogP contribution < -0.4 is 0 Å². The highest BCUT2D eigenvalue weighted by Gasteiger charge is 2.07. The maximum atomic E-state index is 13.3. The Hall–Kier alpha value is -2.62. The lowest BCUT2D eigenvalue weighted by atomic mass is 10.1. The number of aromatic nitrogens is 3. The zero-order valence-electron chi connectivity index (χ0n) is 10.9. The number of aryl methyl sites for hydroxylation is 1. The van der Waals surface area contributed by atoms with Crippen molar-refractivity contribution in [3.8, 4) is 22.8 Å². The second kappa shape index (κ2) is 5.17. The molecule has 20 heavy (non-hydrogen) atoms. The van der Waals surface area contributed by atoms with Gasteiger partial charge in [-0.2, -0.15) is 0 Å². The molecule has 0 atom stereocenters. The first kappa shape index (κ1) is 12.4. The fourth-order valence-electron chi connectivity index (χ4n) is 1.95. The molecule has 1 aromatic heterocycles. The molecule has 0 fully saturated rings. The van der Waals surface area contributed by atoms with Crippen LogP contribution >= 0.6 is 0 Å². The van der Waals surface area contributed by atoms with Crippen molar-refractivity contribution >= 4 is 0 Å². The number of nitrogens with zero attached hydrogens (tertiary/aromatic N) is 3. The van der Waals surface area contributed by atoms with Crippen molar-refractivity contribution in [2.75, 3.05) is 0 Å². The number of hydrogen-bond donors (Lipinski definition) is 0. The quantitative estimate of drug-likeness (QED) is 0.710. The Morgan fingerprint density at radius 2 is 1.55 bits per heavy atom. The van der Waals surface area contributed by atoms with Gasteiger partial charge in [-0.25, -0.2) is 19.3 Å². The molecule has 0 bridgehead atoms. The van der Waals surface area contributed by atoms with Gasteiger partial charge in [0.25, 0.3) is 0 Å². The van der Waals surface area contributed by atoms with Crippen molar-refractivity contribution in [1.82, 2.24) is 15.0 Å². The van der Waals surface area contributed by atoms with Gasteiger partial charge in [0, 0.05) is 11.1 Å². The Bertz CT molecular complexity index is 742. The molecule has 0 amide bonds. The lowest BCUT2D eigenvalue weighted by Gasteiger charge is -2.04. The van der Waals surface area contributed by atoms with E-state index in [-0.39, 0.29) is 5.82 Å². The fraction of sp³-hybridized carbons (Fsp3) is 0.0625.